The molecule has 0 saturated heterocycles. The van der Waals surface area contributed by atoms with Crippen molar-refractivity contribution in [1.29, 1.82) is 0 Å². The fourth-order valence-corrected chi connectivity index (χ4v) is 1.22. The maximum Gasteiger partial charge on any atom is 0.229 e. The van der Waals surface area contributed by atoms with E-state index in [1.165, 1.54) is 6.92 Å². The molecule has 1 aromatic carbocycles. The molecule has 3 nitrogen and oxygen atoms in total. The second-order valence-electron chi connectivity index (χ2n) is 3.32. The van der Waals surface area contributed by atoms with E-state index < -0.39 is 6.23 Å². The standard InChI is InChI=1S/C11H15NO2/c1-8(11(14)12-9(2)13)10-6-4-3-5-7-10/h3-9,13H,1-2H3,(H,12,14). The summed E-state index contributed by atoms with van der Waals surface area (Å²) in [6.45, 7) is 3.34. The van der Waals surface area contributed by atoms with Crippen molar-refractivity contribution in [3.8, 4) is 0 Å². The van der Waals surface area contributed by atoms with Gasteiger partial charge in [0.2, 0.25) is 5.91 Å². The third-order valence-electron chi connectivity index (χ3n) is 2.04. The Morgan fingerprint density at radius 1 is 1.29 bits per heavy atom. The number of rotatable bonds is 3. The number of carbonyl (C=O) groups is 1. The van der Waals surface area contributed by atoms with Crippen LogP contribution in [0, 0.1) is 0 Å². The minimum atomic E-state index is -0.798. The van der Waals surface area contributed by atoms with Crippen molar-refractivity contribution in [2.24, 2.45) is 0 Å². The number of aliphatic hydroxyl groups excluding tert-OH is 1. The van der Waals surface area contributed by atoms with Crippen LogP contribution >= 0.6 is 0 Å². The first kappa shape index (κ1) is 10.7. The molecule has 0 aliphatic carbocycles. The first-order valence-electron chi connectivity index (χ1n) is 4.64. The molecule has 0 bridgehead atoms. The lowest BCUT2D eigenvalue weighted by Crippen LogP contribution is -2.35. The first-order chi connectivity index (χ1) is 6.61. The van der Waals surface area contributed by atoms with Gasteiger partial charge in [-0.3, -0.25) is 4.79 Å². The quantitative estimate of drug-likeness (QED) is 0.710. The van der Waals surface area contributed by atoms with Crippen molar-refractivity contribution in [3.63, 3.8) is 0 Å². The summed E-state index contributed by atoms with van der Waals surface area (Å²) in [5, 5.41) is 11.4. The molecule has 2 unspecified atom stereocenters. The Morgan fingerprint density at radius 3 is 2.36 bits per heavy atom. The lowest BCUT2D eigenvalue weighted by Gasteiger charge is -2.13. The van der Waals surface area contributed by atoms with Crippen molar-refractivity contribution in [2.45, 2.75) is 26.0 Å². The van der Waals surface area contributed by atoms with Gasteiger partial charge >= 0.3 is 0 Å². The number of benzene rings is 1. The van der Waals surface area contributed by atoms with Crippen LogP contribution in [-0.2, 0) is 4.79 Å². The van der Waals surface area contributed by atoms with Crippen LogP contribution in [0.5, 0.6) is 0 Å². The summed E-state index contributed by atoms with van der Waals surface area (Å²) >= 11 is 0. The van der Waals surface area contributed by atoms with E-state index in [1.807, 2.05) is 37.3 Å². The van der Waals surface area contributed by atoms with Gasteiger partial charge in [0.15, 0.2) is 0 Å². The van der Waals surface area contributed by atoms with Crippen LogP contribution < -0.4 is 5.32 Å². The molecule has 0 aliphatic heterocycles. The van der Waals surface area contributed by atoms with Gasteiger partial charge in [0, 0.05) is 0 Å². The molecule has 76 valence electrons. The van der Waals surface area contributed by atoms with Crippen LogP contribution in [0.4, 0.5) is 0 Å². The normalized spacial score (nSPS) is 14.5. The molecular weight excluding hydrogens is 178 g/mol. The largest absolute Gasteiger partial charge is 0.374 e. The van der Waals surface area contributed by atoms with Gasteiger partial charge in [-0.2, -0.15) is 0 Å². The van der Waals surface area contributed by atoms with E-state index >= 15 is 0 Å². The summed E-state index contributed by atoms with van der Waals surface area (Å²) in [5.41, 5.74) is 0.950. The van der Waals surface area contributed by atoms with Crippen molar-refractivity contribution in [3.05, 3.63) is 35.9 Å². The van der Waals surface area contributed by atoms with E-state index in [0.29, 0.717) is 0 Å². The predicted octanol–water partition coefficient (Wildman–Crippen LogP) is 1.24. The fourth-order valence-electron chi connectivity index (χ4n) is 1.22. The molecule has 1 aromatic rings. The van der Waals surface area contributed by atoms with E-state index in [1.54, 1.807) is 0 Å². The Morgan fingerprint density at radius 2 is 1.86 bits per heavy atom. The van der Waals surface area contributed by atoms with Gasteiger partial charge in [-0.05, 0) is 19.4 Å². The Hall–Kier alpha value is -1.35. The zero-order valence-corrected chi connectivity index (χ0v) is 8.40. The number of carbonyl (C=O) groups excluding carboxylic acids is 1. The number of hydrogen-bond donors (Lipinski definition) is 2. The number of aliphatic hydroxyl groups is 1. The summed E-state index contributed by atoms with van der Waals surface area (Å²) in [5.74, 6) is -0.392. The molecule has 0 fully saturated rings. The second kappa shape index (κ2) is 4.77. The molecule has 0 aromatic heterocycles. The molecule has 3 heteroatoms. The zero-order chi connectivity index (χ0) is 10.6. The Balaban J connectivity index is 2.66. The van der Waals surface area contributed by atoms with Gasteiger partial charge in [-0.1, -0.05) is 30.3 Å². The summed E-state index contributed by atoms with van der Waals surface area (Å²) in [6.07, 6.45) is -0.798. The summed E-state index contributed by atoms with van der Waals surface area (Å²) in [4.78, 5) is 11.5. The molecule has 0 radical (unpaired) electrons. The fraction of sp³-hybridized carbons (Fsp3) is 0.364. The average Bonchev–Trinajstić information content (AvgIpc) is 2.17. The number of hydrogen-bond acceptors (Lipinski definition) is 2. The second-order valence-corrected chi connectivity index (χ2v) is 3.32. The average molecular weight is 193 g/mol. The lowest BCUT2D eigenvalue weighted by molar-refractivity contribution is -0.124. The van der Waals surface area contributed by atoms with Gasteiger partial charge in [-0.25, -0.2) is 0 Å². The first-order valence-corrected chi connectivity index (χ1v) is 4.64. The summed E-state index contributed by atoms with van der Waals surface area (Å²) < 4.78 is 0. The van der Waals surface area contributed by atoms with Crippen LogP contribution in [0.15, 0.2) is 30.3 Å². The van der Waals surface area contributed by atoms with Crippen LogP contribution in [0.1, 0.15) is 25.3 Å². The molecule has 0 saturated carbocycles. The van der Waals surface area contributed by atoms with Gasteiger partial charge < -0.3 is 10.4 Å². The highest BCUT2D eigenvalue weighted by atomic mass is 16.3. The van der Waals surface area contributed by atoms with E-state index in [0.717, 1.165) is 5.56 Å². The smallest absolute Gasteiger partial charge is 0.229 e. The van der Waals surface area contributed by atoms with Crippen molar-refractivity contribution >= 4 is 5.91 Å². The molecule has 14 heavy (non-hydrogen) atoms. The van der Waals surface area contributed by atoms with E-state index in [9.17, 15) is 4.79 Å². The van der Waals surface area contributed by atoms with Crippen LogP contribution in [0.3, 0.4) is 0 Å². The van der Waals surface area contributed by atoms with Crippen molar-refractivity contribution in [2.75, 3.05) is 0 Å². The summed E-state index contributed by atoms with van der Waals surface area (Å²) in [6, 6.07) is 9.48. The highest BCUT2D eigenvalue weighted by Gasteiger charge is 2.15. The molecule has 1 amide bonds. The van der Waals surface area contributed by atoms with Crippen LogP contribution in [0.25, 0.3) is 0 Å². The van der Waals surface area contributed by atoms with Gasteiger partial charge in [-0.15, -0.1) is 0 Å². The van der Waals surface area contributed by atoms with E-state index in [-0.39, 0.29) is 11.8 Å². The maximum atomic E-state index is 11.5. The van der Waals surface area contributed by atoms with E-state index in [4.69, 9.17) is 5.11 Å². The number of nitrogens with one attached hydrogen (secondary N) is 1. The molecule has 0 spiro atoms. The minimum Gasteiger partial charge on any atom is -0.374 e. The predicted molar refractivity (Wildman–Crippen MR) is 54.7 cm³/mol. The Labute approximate surface area is 83.8 Å². The highest BCUT2D eigenvalue weighted by molar-refractivity contribution is 5.83. The number of amides is 1. The maximum absolute atomic E-state index is 11.5. The molecule has 0 aliphatic rings. The topological polar surface area (TPSA) is 49.3 Å². The van der Waals surface area contributed by atoms with Crippen LogP contribution in [-0.4, -0.2) is 17.2 Å². The van der Waals surface area contributed by atoms with Gasteiger partial charge in [0.1, 0.15) is 6.23 Å². The molecule has 1 rings (SSSR count). The molecule has 2 atom stereocenters. The van der Waals surface area contributed by atoms with Gasteiger partial charge in [0.25, 0.3) is 0 Å². The molecule has 0 heterocycles. The molecular formula is C11H15NO2. The molecule has 2 N–H and O–H groups in total. The lowest BCUT2D eigenvalue weighted by atomic mass is 10.0. The Bertz CT molecular complexity index is 295. The zero-order valence-electron chi connectivity index (χ0n) is 8.40. The Kier molecular flexibility index (Phi) is 3.65. The minimum absolute atomic E-state index is 0.161. The van der Waals surface area contributed by atoms with Crippen molar-refractivity contribution < 1.29 is 9.90 Å². The highest BCUT2D eigenvalue weighted by Crippen LogP contribution is 2.14. The third kappa shape index (κ3) is 2.85. The van der Waals surface area contributed by atoms with Crippen LogP contribution in [0.2, 0.25) is 0 Å². The van der Waals surface area contributed by atoms with E-state index in [2.05, 4.69) is 5.32 Å². The SMILES string of the molecule is CC(O)NC(=O)C(C)c1ccccc1. The van der Waals surface area contributed by atoms with Crippen molar-refractivity contribution in [1.82, 2.24) is 5.32 Å². The third-order valence-corrected chi connectivity index (χ3v) is 2.04. The monoisotopic (exact) mass is 193 g/mol. The summed E-state index contributed by atoms with van der Waals surface area (Å²) in [7, 11) is 0. The van der Waals surface area contributed by atoms with Gasteiger partial charge in [0.05, 0.1) is 5.92 Å².